The number of fused-ring (bicyclic) bond motifs is 2. The molecule has 0 radical (unpaired) electrons. The quantitative estimate of drug-likeness (QED) is 0.264. The van der Waals surface area contributed by atoms with Gasteiger partial charge in [0.1, 0.15) is 18.4 Å². The topological polar surface area (TPSA) is 118 Å². The second-order valence-electron chi connectivity index (χ2n) is 8.21. The third kappa shape index (κ3) is 4.40. The molecule has 9 nitrogen and oxygen atoms in total. The zero-order valence-electron chi connectivity index (χ0n) is 17.8. The molecule has 1 atom stereocenters. The lowest BCUT2D eigenvalue weighted by Crippen LogP contribution is -2.52. The maximum absolute atomic E-state index is 11.9. The fraction of sp³-hybridized carbons (Fsp3) is 0.261. The normalized spacial score (nSPS) is 17.5. The Hall–Kier alpha value is -3.47. The van der Waals surface area contributed by atoms with Crippen LogP contribution in [0.15, 0.2) is 48.8 Å². The van der Waals surface area contributed by atoms with Gasteiger partial charge >= 0.3 is 0 Å². The SMILES string of the molecule is Nc1ncnc2cc(CN3CCN(Cc4cc5ccc([N+](=O)[O-])cc5s4)CC3C=O)ccc12. The molecule has 0 amide bonds. The van der Waals surface area contributed by atoms with Crippen LogP contribution in [0.25, 0.3) is 21.0 Å². The largest absolute Gasteiger partial charge is 0.383 e. The van der Waals surface area contributed by atoms with Gasteiger partial charge in [-0.15, -0.1) is 11.3 Å². The average molecular weight is 463 g/mol. The van der Waals surface area contributed by atoms with Crippen molar-refractivity contribution in [2.24, 2.45) is 0 Å². The summed E-state index contributed by atoms with van der Waals surface area (Å²) in [5, 5.41) is 12.9. The molecule has 1 aliphatic heterocycles. The van der Waals surface area contributed by atoms with Crippen LogP contribution in [0.1, 0.15) is 10.4 Å². The molecule has 1 saturated heterocycles. The van der Waals surface area contributed by atoms with Gasteiger partial charge in [-0.25, -0.2) is 9.97 Å². The summed E-state index contributed by atoms with van der Waals surface area (Å²) in [7, 11) is 0. The van der Waals surface area contributed by atoms with E-state index in [1.807, 2.05) is 18.2 Å². The number of piperazine rings is 1. The van der Waals surface area contributed by atoms with Crippen LogP contribution in [0.4, 0.5) is 11.5 Å². The van der Waals surface area contributed by atoms with Crippen LogP contribution in [0, 0.1) is 10.1 Å². The third-order valence-corrected chi connectivity index (χ3v) is 7.12. The van der Waals surface area contributed by atoms with Crippen LogP contribution in [-0.4, -0.2) is 56.7 Å². The summed E-state index contributed by atoms with van der Waals surface area (Å²) < 4.78 is 0.908. The molecule has 3 heterocycles. The molecule has 0 aliphatic carbocycles. The second kappa shape index (κ2) is 8.81. The first-order chi connectivity index (χ1) is 16.0. The summed E-state index contributed by atoms with van der Waals surface area (Å²) in [6.45, 7) is 3.62. The number of non-ortho nitro benzene ring substituents is 1. The molecule has 0 bridgehead atoms. The molecule has 2 aromatic heterocycles. The van der Waals surface area contributed by atoms with Crippen LogP contribution in [-0.2, 0) is 17.9 Å². The number of nitro groups is 1. The van der Waals surface area contributed by atoms with Gasteiger partial charge in [0.05, 0.1) is 16.5 Å². The van der Waals surface area contributed by atoms with Gasteiger partial charge in [-0.2, -0.15) is 0 Å². The first kappa shape index (κ1) is 21.4. The van der Waals surface area contributed by atoms with Gasteiger partial charge in [-0.05, 0) is 35.2 Å². The highest BCUT2D eigenvalue weighted by Gasteiger charge is 2.27. The molecule has 2 aromatic carbocycles. The minimum Gasteiger partial charge on any atom is -0.383 e. The Kier molecular flexibility index (Phi) is 5.71. The Morgan fingerprint density at radius 3 is 2.85 bits per heavy atom. The highest BCUT2D eigenvalue weighted by Crippen LogP contribution is 2.30. The van der Waals surface area contributed by atoms with Crippen molar-refractivity contribution in [1.82, 2.24) is 19.8 Å². The summed E-state index contributed by atoms with van der Waals surface area (Å²) in [6, 6.07) is 12.8. The average Bonchev–Trinajstić information content (AvgIpc) is 3.21. The predicted molar refractivity (Wildman–Crippen MR) is 128 cm³/mol. The van der Waals surface area contributed by atoms with E-state index in [0.29, 0.717) is 18.9 Å². The van der Waals surface area contributed by atoms with Crippen LogP contribution in [0.5, 0.6) is 0 Å². The number of thiophene rings is 1. The van der Waals surface area contributed by atoms with Gasteiger partial charge in [-0.1, -0.05) is 6.07 Å². The van der Waals surface area contributed by atoms with Crippen molar-refractivity contribution in [3.8, 4) is 0 Å². The van der Waals surface area contributed by atoms with E-state index in [1.165, 1.54) is 12.4 Å². The Bertz CT molecular complexity index is 1360. The van der Waals surface area contributed by atoms with Crippen molar-refractivity contribution in [3.63, 3.8) is 0 Å². The van der Waals surface area contributed by atoms with Crippen molar-refractivity contribution in [1.29, 1.82) is 0 Å². The number of nitrogens with zero attached hydrogens (tertiary/aromatic N) is 5. The van der Waals surface area contributed by atoms with Crippen molar-refractivity contribution >= 4 is 50.1 Å². The van der Waals surface area contributed by atoms with Crippen molar-refractivity contribution in [2.45, 2.75) is 19.1 Å². The molecule has 5 rings (SSSR count). The summed E-state index contributed by atoms with van der Waals surface area (Å²) in [6.07, 6.45) is 2.47. The van der Waals surface area contributed by atoms with Crippen LogP contribution >= 0.6 is 11.3 Å². The molecular formula is C23H22N6O3S. The smallest absolute Gasteiger partial charge is 0.270 e. The van der Waals surface area contributed by atoms with Gasteiger partial charge < -0.3 is 10.5 Å². The highest BCUT2D eigenvalue weighted by molar-refractivity contribution is 7.19. The van der Waals surface area contributed by atoms with Gasteiger partial charge in [0.25, 0.3) is 5.69 Å². The molecule has 2 N–H and O–H groups in total. The Morgan fingerprint density at radius 2 is 2.03 bits per heavy atom. The van der Waals surface area contributed by atoms with E-state index >= 15 is 0 Å². The first-order valence-electron chi connectivity index (χ1n) is 10.6. The molecule has 10 heteroatoms. The predicted octanol–water partition coefficient (Wildman–Crippen LogP) is 3.22. The number of carbonyl (C=O) groups is 1. The van der Waals surface area contributed by atoms with E-state index in [2.05, 4.69) is 25.8 Å². The standard InChI is InChI=1S/C23H22N6O3S/c24-23-20-4-1-15(7-21(20)25-14-26-23)10-28-6-5-27(11-18(28)13-30)12-19-8-16-2-3-17(29(31)32)9-22(16)33-19/h1-4,7-9,13-14,18H,5-6,10-12H2,(H2,24,25,26). The fourth-order valence-electron chi connectivity index (χ4n) is 4.32. The lowest BCUT2D eigenvalue weighted by atomic mass is 10.1. The Labute approximate surface area is 193 Å². The van der Waals surface area contributed by atoms with E-state index in [4.69, 9.17) is 5.73 Å². The number of aromatic nitrogens is 2. The number of anilines is 1. The zero-order valence-corrected chi connectivity index (χ0v) is 18.6. The fourth-order valence-corrected chi connectivity index (χ4v) is 5.46. The minimum atomic E-state index is -0.371. The van der Waals surface area contributed by atoms with Crippen LogP contribution in [0.2, 0.25) is 0 Å². The van der Waals surface area contributed by atoms with Crippen molar-refractivity contribution in [2.75, 3.05) is 25.4 Å². The Balaban J connectivity index is 1.26. The molecule has 168 valence electrons. The van der Waals surface area contributed by atoms with E-state index in [0.717, 1.165) is 57.4 Å². The third-order valence-electron chi connectivity index (χ3n) is 6.04. The maximum atomic E-state index is 11.9. The van der Waals surface area contributed by atoms with Gasteiger partial charge in [-0.3, -0.25) is 19.9 Å². The number of aldehydes is 1. The number of nitrogens with two attached hydrogens (primary N) is 1. The summed E-state index contributed by atoms with van der Waals surface area (Å²) in [4.78, 5) is 36.5. The lowest BCUT2D eigenvalue weighted by molar-refractivity contribution is -0.384. The molecule has 1 fully saturated rings. The number of hydrogen-bond donors (Lipinski definition) is 1. The zero-order chi connectivity index (χ0) is 22.9. The van der Waals surface area contributed by atoms with Gasteiger partial charge in [0.2, 0.25) is 0 Å². The monoisotopic (exact) mass is 462 g/mol. The minimum absolute atomic E-state index is 0.105. The number of nitrogen functional groups attached to an aromatic ring is 1. The Morgan fingerprint density at radius 1 is 1.15 bits per heavy atom. The van der Waals surface area contributed by atoms with Crippen LogP contribution in [0.3, 0.4) is 0 Å². The van der Waals surface area contributed by atoms with Crippen LogP contribution < -0.4 is 5.73 Å². The van der Waals surface area contributed by atoms with E-state index < -0.39 is 0 Å². The van der Waals surface area contributed by atoms with Crippen molar-refractivity contribution in [3.05, 3.63) is 69.3 Å². The summed E-state index contributed by atoms with van der Waals surface area (Å²) in [5.41, 5.74) is 7.89. The molecule has 4 aromatic rings. The second-order valence-corrected chi connectivity index (χ2v) is 9.38. The van der Waals surface area contributed by atoms with E-state index in [9.17, 15) is 14.9 Å². The molecular weight excluding hydrogens is 440 g/mol. The number of rotatable bonds is 6. The number of carbonyl (C=O) groups excluding carboxylic acids is 1. The van der Waals surface area contributed by atoms with E-state index in [-0.39, 0.29) is 16.7 Å². The first-order valence-corrected chi connectivity index (χ1v) is 11.4. The highest BCUT2D eigenvalue weighted by atomic mass is 32.1. The van der Waals surface area contributed by atoms with Crippen molar-refractivity contribution < 1.29 is 9.72 Å². The molecule has 33 heavy (non-hydrogen) atoms. The summed E-state index contributed by atoms with van der Waals surface area (Å²) in [5.74, 6) is 0.460. The summed E-state index contributed by atoms with van der Waals surface area (Å²) >= 11 is 1.57. The molecule has 0 spiro atoms. The maximum Gasteiger partial charge on any atom is 0.270 e. The number of hydrogen-bond acceptors (Lipinski definition) is 9. The van der Waals surface area contributed by atoms with E-state index in [1.54, 1.807) is 23.5 Å². The number of nitro benzene ring substituents is 1. The lowest BCUT2D eigenvalue weighted by Gasteiger charge is -2.38. The number of benzene rings is 2. The van der Waals surface area contributed by atoms with Gasteiger partial charge in [0, 0.05) is 59.8 Å². The molecule has 0 saturated carbocycles. The molecule has 1 aliphatic rings. The van der Waals surface area contributed by atoms with Gasteiger partial charge in [0.15, 0.2) is 0 Å². The molecule has 1 unspecified atom stereocenters.